The molecule has 1 rings (SSSR count). The van der Waals surface area contributed by atoms with Crippen LogP contribution in [0.1, 0.15) is 157 Å². The second-order valence-electron chi connectivity index (χ2n) is 11.0. The summed E-state index contributed by atoms with van der Waals surface area (Å²) in [5.41, 5.74) is -1.07. The van der Waals surface area contributed by atoms with Crippen molar-refractivity contribution in [2.24, 2.45) is 0 Å². The number of carboxylic acids is 2. The van der Waals surface area contributed by atoms with Gasteiger partial charge in [-0.2, -0.15) is 8.42 Å². The second kappa shape index (κ2) is 25.0. The molecular formula is C32H57O7PS. The summed E-state index contributed by atoms with van der Waals surface area (Å²) in [7, 11) is -4.28. The molecule has 9 heteroatoms. The van der Waals surface area contributed by atoms with Crippen LogP contribution in [0.4, 0.5) is 0 Å². The highest BCUT2D eigenvalue weighted by molar-refractivity contribution is 7.85. The molecule has 7 nitrogen and oxygen atoms in total. The third kappa shape index (κ3) is 21.8. The number of hydrogen-bond acceptors (Lipinski definition) is 4. The molecule has 0 aliphatic heterocycles. The first-order valence-corrected chi connectivity index (χ1v) is 19.2. The maximum atomic E-state index is 10.8. The molecule has 0 amide bonds. The smallest absolute Gasteiger partial charge is 0.335 e. The molecule has 0 unspecified atom stereocenters. The maximum absolute atomic E-state index is 10.8. The zero-order valence-corrected chi connectivity index (χ0v) is 27.6. The van der Waals surface area contributed by atoms with E-state index in [9.17, 15) is 18.0 Å². The van der Waals surface area contributed by atoms with Crippen LogP contribution in [0.3, 0.4) is 0 Å². The van der Waals surface area contributed by atoms with Crippen LogP contribution >= 0.6 is 7.92 Å². The van der Waals surface area contributed by atoms with Crippen LogP contribution in [0.5, 0.6) is 0 Å². The van der Waals surface area contributed by atoms with Gasteiger partial charge in [-0.15, -0.1) is 7.92 Å². The third-order valence-corrected chi connectivity index (χ3v) is 10.9. The number of hydrogen-bond donors (Lipinski definition) is 3. The fraction of sp³-hybridized carbons (Fsp3) is 0.750. The lowest BCUT2D eigenvalue weighted by Crippen LogP contribution is -2.07. The Bertz CT molecular complexity index is 864. The summed E-state index contributed by atoms with van der Waals surface area (Å²) >= 11 is 0. The molecule has 1 aromatic rings. The highest BCUT2D eigenvalue weighted by Gasteiger charge is 2.17. The highest BCUT2D eigenvalue weighted by Crippen LogP contribution is 2.39. The van der Waals surface area contributed by atoms with Crippen molar-refractivity contribution in [3.63, 3.8) is 0 Å². The number of carbonyl (C=O) groups is 2. The molecule has 0 aromatic heterocycles. The first kappa shape index (κ1) is 39.5. The predicted molar refractivity (Wildman–Crippen MR) is 172 cm³/mol. The minimum atomic E-state index is -4.64. The minimum Gasteiger partial charge on any atom is -0.478 e. The monoisotopic (exact) mass is 616 g/mol. The Morgan fingerprint density at radius 2 is 0.854 bits per heavy atom. The molecule has 0 saturated heterocycles. The van der Waals surface area contributed by atoms with Gasteiger partial charge in [0.2, 0.25) is 0 Å². The molecule has 0 heterocycles. The minimum absolute atomic E-state index is 0.366. The lowest BCUT2D eigenvalue weighted by Gasteiger charge is -2.18. The molecule has 0 fully saturated rings. The molecule has 0 bridgehead atoms. The first-order chi connectivity index (χ1) is 19.6. The van der Waals surface area contributed by atoms with Crippen molar-refractivity contribution in [2.45, 2.75) is 141 Å². The van der Waals surface area contributed by atoms with Crippen LogP contribution in [0.25, 0.3) is 0 Å². The van der Waals surface area contributed by atoms with Gasteiger partial charge in [0.05, 0.1) is 16.0 Å². The Morgan fingerprint density at radius 1 is 0.561 bits per heavy atom. The summed E-state index contributed by atoms with van der Waals surface area (Å²) in [6, 6.07) is 2.13. The largest absolute Gasteiger partial charge is 0.478 e. The molecule has 0 atom stereocenters. The van der Waals surface area contributed by atoms with E-state index in [0.717, 1.165) is 6.07 Å². The highest BCUT2D eigenvalue weighted by atomic mass is 32.2. The average molecular weight is 617 g/mol. The number of benzene rings is 1. The Hall–Kier alpha value is -1.50. The normalized spacial score (nSPS) is 11.3. The topological polar surface area (TPSA) is 129 Å². The quantitative estimate of drug-likeness (QED) is 0.0599. The van der Waals surface area contributed by atoms with Crippen LogP contribution < -0.4 is 0 Å². The number of aromatic carboxylic acids is 2. The van der Waals surface area contributed by atoms with E-state index in [1.807, 2.05) is 0 Å². The van der Waals surface area contributed by atoms with E-state index in [2.05, 4.69) is 20.8 Å². The molecule has 0 aliphatic carbocycles. The van der Waals surface area contributed by atoms with Crippen LogP contribution in [0.15, 0.2) is 23.1 Å². The summed E-state index contributed by atoms with van der Waals surface area (Å²) in [5.74, 6) is -2.99. The van der Waals surface area contributed by atoms with Gasteiger partial charge in [0.15, 0.2) is 0 Å². The van der Waals surface area contributed by atoms with Gasteiger partial charge in [-0.1, -0.05) is 117 Å². The number of unbranched alkanes of at least 4 members (excludes halogenated alkanes) is 15. The Balaban J connectivity index is 0.000000856. The van der Waals surface area contributed by atoms with E-state index in [-0.39, 0.29) is 0 Å². The van der Waals surface area contributed by atoms with Gasteiger partial charge < -0.3 is 10.2 Å². The van der Waals surface area contributed by atoms with Gasteiger partial charge in [0.1, 0.15) is 0 Å². The van der Waals surface area contributed by atoms with Gasteiger partial charge in [-0.05, 0) is 55.9 Å². The van der Waals surface area contributed by atoms with E-state index in [0.29, 0.717) is 20.1 Å². The number of carboxylic acid groups (broad SMARTS) is 2. The van der Waals surface area contributed by atoms with Crippen molar-refractivity contribution >= 4 is 30.0 Å². The van der Waals surface area contributed by atoms with Gasteiger partial charge in [0.25, 0.3) is 10.1 Å². The fourth-order valence-electron chi connectivity index (χ4n) is 4.68. The van der Waals surface area contributed by atoms with Crippen LogP contribution in [-0.2, 0) is 10.1 Å². The zero-order chi connectivity index (χ0) is 30.9. The van der Waals surface area contributed by atoms with Gasteiger partial charge >= 0.3 is 11.9 Å². The van der Waals surface area contributed by atoms with Crippen molar-refractivity contribution in [1.82, 2.24) is 0 Å². The summed E-state index contributed by atoms with van der Waals surface area (Å²) in [6.07, 6.45) is 31.2. The summed E-state index contributed by atoms with van der Waals surface area (Å²) in [5, 5.41) is 17.2. The standard InChI is InChI=1S/C24H51P.C8H6O7S/c1-4-7-10-13-16-19-22-25(23-20-17-14-11-8-5-2)24-21-18-15-12-9-6-3;9-7(10)4-1-5(8(11)12)3-6(2-4)16(13,14)15/h4-24H2,1-3H3;1-3H,(H,9,10)(H,11,12)(H,13,14,15). The SMILES string of the molecule is CCCCCCCCP(CCCCCCCC)CCCCCCCC.O=C(O)c1cc(C(=O)O)cc(S(=O)(=O)O)c1. The van der Waals surface area contributed by atoms with Crippen LogP contribution in [-0.4, -0.2) is 53.6 Å². The molecule has 0 radical (unpaired) electrons. The van der Waals surface area contributed by atoms with E-state index < -0.39 is 38.1 Å². The Morgan fingerprint density at radius 3 is 1.12 bits per heavy atom. The molecule has 0 saturated carbocycles. The predicted octanol–water partition coefficient (Wildman–Crippen LogP) is 9.88. The van der Waals surface area contributed by atoms with Crippen molar-refractivity contribution in [1.29, 1.82) is 0 Å². The van der Waals surface area contributed by atoms with Gasteiger partial charge in [-0.25, -0.2) is 9.59 Å². The van der Waals surface area contributed by atoms with E-state index in [4.69, 9.17) is 14.8 Å². The molecular weight excluding hydrogens is 559 g/mol. The Kier molecular flexibility index (Phi) is 24.1. The van der Waals surface area contributed by atoms with E-state index >= 15 is 0 Å². The van der Waals surface area contributed by atoms with Crippen LogP contribution in [0, 0.1) is 0 Å². The molecule has 1 aromatic carbocycles. The van der Waals surface area contributed by atoms with Gasteiger partial charge in [0, 0.05) is 0 Å². The Labute approximate surface area is 251 Å². The third-order valence-electron chi connectivity index (χ3n) is 7.18. The molecule has 41 heavy (non-hydrogen) atoms. The summed E-state index contributed by atoms with van der Waals surface area (Å²) in [6.45, 7) is 6.96. The van der Waals surface area contributed by atoms with Crippen molar-refractivity contribution < 1.29 is 32.8 Å². The lowest BCUT2D eigenvalue weighted by molar-refractivity contribution is 0.0696. The first-order valence-electron chi connectivity index (χ1n) is 15.9. The fourth-order valence-corrected chi connectivity index (χ4v) is 7.91. The number of rotatable bonds is 24. The summed E-state index contributed by atoms with van der Waals surface area (Å²) < 4.78 is 30.2. The van der Waals surface area contributed by atoms with E-state index in [1.54, 1.807) is 18.5 Å². The van der Waals surface area contributed by atoms with Crippen LogP contribution in [0.2, 0.25) is 0 Å². The second-order valence-corrected chi connectivity index (χ2v) is 15.1. The average Bonchev–Trinajstić information content (AvgIpc) is 2.93. The summed E-state index contributed by atoms with van der Waals surface area (Å²) in [4.78, 5) is 20.4. The maximum Gasteiger partial charge on any atom is 0.335 e. The van der Waals surface area contributed by atoms with Crippen molar-refractivity contribution in [3.05, 3.63) is 29.3 Å². The molecule has 3 N–H and O–H groups in total. The van der Waals surface area contributed by atoms with E-state index in [1.165, 1.54) is 116 Å². The molecule has 238 valence electrons. The van der Waals surface area contributed by atoms with Gasteiger partial charge in [-0.3, -0.25) is 4.55 Å². The molecule has 0 spiro atoms. The lowest BCUT2D eigenvalue weighted by atomic mass is 10.1. The molecule has 0 aliphatic rings. The van der Waals surface area contributed by atoms with Crippen molar-refractivity contribution in [2.75, 3.05) is 18.5 Å². The zero-order valence-electron chi connectivity index (χ0n) is 25.9. The van der Waals surface area contributed by atoms with Crippen molar-refractivity contribution in [3.8, 4) is 0 Å².